The van der Waals surface area contributed by atoms with Gasteiger partial charge in [0.2, 0.25) is 0 Å². The zero-order valence-electron chi connectivity index (χ0n) is 13.6. The smallest absolute Gasteiger partial charge is 0.0681 e. The number of ether oxygens (including phenoxy) is 1. The van der Waals surface area contributed by atoms with Gasteiger partial charge in [0.1, 0.15) is 0 Å². The van der Waals surface area contributed by atoms with E-state index in [-0.39, 0.29) is 17.2 Å². The van der Waals surface area contributed by atoms with Gasteiger partial charge in [0.15, 0.2) is 0 Å². The highest BCUT2D eigenvalue weighted by molar-refractivity contribution is 5.34. The summed E-state index contributed by atoms with van der Waals surface area (Å²) in [6.07, 6.45) is 1.00. The number of rotatable bonds is 3. The molecule has 2 atom stereocenters. The largest absolute Gasteiger partial charge is 0.369 e. The first-order chi connectivity index (χ1) is 9.16. The lowest BCUT2D eigenvalue weighted by Gasteiger charge is -2.33. The van der Waals surface area contributed by atoms with Gasteiger partial charge in [0, 0.05) is 5.92 Å². The summed E-state index contributed by atoms with van der Waals surface area (Å²) >= 11 is 0. The number of nitrogens with one attached hydrogen (secondary N) is 1. The number of benzene rings is 1. The van der Waals surface area contributed by atoms with Gasteiger partial charge in [-0.05, 0) is 59.1 Å². The maximum absolute atomic E-state index is 6.22. The first-order valence-electron chi connectivity index (χ1n) is 7.40. The predicted octanol–water partition coefficient (Wildman–Crippen LogP) is 3.40. The zero-order chi connectivity index (χ0) is 15.1. The van der Waals surface area contributed by atoms with Gasteiger partial charge in [-0.25, -0.2) is 0 Å². The normalized spacial score (nSPS) is 25.6. The first-order valence-corrected chi connectivity index (χ1v) is 7.40. The molecule has 3 heteroatoms. The quantitative estimate of drug-likeness (QED) is 0.657. The van der Waals surface area contributed by atoms with Crippen molar-refractivity contribution in [2.75, 3.05) is 0 Å². The highest BCUT2D eigenvalue weighted by atomic mass is 16.5. The van der Waals surface area contributed by atoms with Crippen LogP contribution in [0.5, 0.6) is 0 Å². The van der Waals surface area contributed by atoms with Gasteiger partial charge in [0.25, 0.3) is 0 Å². The molecule has 1 heterocycles. The van der Waals surface area contributed by atoms with Crippen LogP contribution in [0, 0.1) is 19.8 Å². The van der Waals surface area contributed by atoms with E-state index >= 15 is 0 Å². The van der Waals surface area contributed by atoms with Crippen LogP contribution >= 0.6 is 0 Å². The molecule has 0 spiro atoms. The molecular formula is C17H28N2O. The van der Waals surface area contributed by atoms with Gasteiger partial charge in [-0.3, -0.25) is 11.3 Å². The average molecular weight is 276 g/mol. The summed E-state index contributed by atoms with van der Waals surface area (Å²) in [6, 6.07) is 6.68. The second-order valence-corrected chi connectivity index (χ2v) is 7.28. The van der Waals surface area contributed by atoms with Crippen molar-refractivity contribution in [3.05, 3.63) is 34.9 Å². The third-order valence-corrected chi connectivity index (χ3v) is 4.49. The summed E-state index contributed by atoms with van der Waals surface area (Å²) in [5.74, 6) is 6.25. The molecule has 2 unspecified atom stereocenters. The van der Waals surface area contributed by atoms with Gasteiger partial charge in [0.05, 0.1) is 17.2 Å². The minimum absolute atomic E-state index is 0.0954. The second kappa shape index (κ2) is 5.14. The molecule has 112 valence electrons. The van der Waals surface area contributed by atoms with Gasteiger partial charge in [-0.15, -0.1) is 0 Å². The van der Waals surface area contributed by atoms with Crippen LogP contribution in [-0.4, -0.2) is 11.2 Å². The standard InChI is InChI=1S/C17H28N2O/c1-11-7-8-13(12(2)9-11)15(19-18)14-10-16(3,4)20-17(14,5)6/h7-9,14-15,19H,10,18H2,1-6H3. The number of hydrogen-bond donors (Lipinski definition) is 2. The van der Waals surface area contributed by atoms with Crippen molar-refractivity contribution in [1.29, 1.82) is 0 Å². The fourth-order valence-electron chi connectivity index (χ4n) is 3.72. The van der Waals surface area contributed by atoms with Crippen LogP contribution in [0.2, 0.25) is 0 Å². The number of aryl methyl sites for hydroxylation is 2. The molecule has 0 bridgehead atoms. The molecular weight excluding hydrogens is 248 g/mol. The maximum Gasteiger partial charge on any atom is 0.0681 e. The van der Waals surface area contributed by atoms with Crippen molar-refractivity contribution in [2.45, 2.75) is 65.2 Å². The van der Waals surface area contributed by atoms with E-state index in [9.17, 15) is 0 Å². The molecule has 3 N–H and O–H groups in total. The predicted molar refractivity (Wildman–Crippen MR) is 83.3 cm³/mol. The molecule has 0 aromatic heterocycles. The molecule has 3 nitrogen and oxygen atoms in total. The van der Waals surface area contributed by atoms with Crippen LogP contribution in [-0.2, 0) is 4.74 Å². The molecule has 1 aromatic rings. The van der Waals surface area contributed by atoms with E-state index in [0.29, 0.717) is 5.92 Å². The van der Waals surface area contributed by atoms with E-state index in [1.807, 2.05) is 0 Å². The number of hydrazine groups is 1. The van der Waals surface area contributed by atoms with Crippen LogP contribution < -0.4 is 11.3 Å². The number of nitrogens with two attached hydrogens (primary N) is 1. The lowest BCUT2D eigenvalue weighted by atomic mass is 9.78. The van der Waals surface area contributed by atoms with Crippen molar-refractivity contribution in [3.8, 4) is 0 Å². The fourth-order valence-corrected chi connectivity index (χ4v) is 3.72. The van der Waals surface area contributed by atoms with E-state index in [4.69, 9.17) is 10.6 Å². The van der Waals surface area contributed by atoms with E-state index in [0.717, 1.165) is 6.42 Å². The first kappa shape index (κ1) is 15.5. The van der Waals surface area contributed by atoms with Crippen LogP contribution in [0.25, 0.3) is 0 Å². The van der Waals surface area contributed by atoms with E-state index < -0.39 is 0 Å². The van der Waals surface area contributed by atoms with Crippen molar-refractivity contribution in [3.63, 3.8) is 0 Å². The van der Waals surface area contributed by atoms with E-state index in [1.54, 1.807) is 0 Å². The fraction of sp³-hybridized carbons (Fsp3) is 0.647. The van der Waals surface area contributed by atoms with Gasteiger partial charge < -0.3 is 4.74 Å². The van der Waals surface area contributed by atoms with Crippen LogP contribution in [0.1, 0.15) is 56.8 Å². The molecule has 1 fully saturated rings. The van der Waals surface area contributed by atoms with Gasteiger partial charge in [-0.1, -0.05) is 23.8 Å². The Balaban J connectivity index is 2.37. The Hall–Kier alpha value is -0.900. The van der Waals surface area contributed by atoms with Gasteiger partial charge in [-0.2, -0.15) is 0 Å². The Morgan fingerprint density at radius 2 is 1.90 bits per heavy atom. The van der Waals surface area contributed by atoms with Gasteiger partial charge >= 0.3 is 0 Å². The minimum Gasteiger partial charge on any atom is -0.369 e. The highest BCUT2D eigenvalue weighted by Crippen LogP contribution is 2.47. The van der Waals surface area contributed by atoms with Crippen LogP contribution in [0.3, 0.4) is 0 Å². The Morgan fingerprint density at radius 1 is 1.25 bits per heavy atom. The average Bonchev–Trinajstić information content (AvgIpc) is 2.51. The summed E-state index contributed by atoms with van der Waals surface area (Å²) < 4.78 is 6.22. The molecule has 1 aliphatic heterocycles. The Morgan fingerprint density at radius 3 is 2.35 bits per heavy atom. The minimum atomic E-state index is -0.183. The van der Waals surface area contributed by atoms with Crippen LogP contribution in [0.15, 0.2) is 18.2 Å². The molecule has 0 amide bonds. The van der Waals surface area contributed by atoms with E-state index in [2.05, 4.69) is 65.2 Å². The third kappa shape index (κ3) is 2.90. The van der Waals surface area contributed by atoms with E-state index in [1.165, 1.54) is 16.7 Å². The summed E-state index contributed by atoms with van der Waals surface area (Å²) in [5.41, 5.74) is 6.60. The Bertz CT molecular complexity index is 494. The molecule has 0 aliphatic carbocycles. The molecule has 1 aliphatic rings. The summed E-state index contributed by atoms with van der Waals surface area (Å²) in [5, 5.41) is 0. The topological polar surface area (TPSA) is 47.3 Å². The van der Waals surface area contributed by atoms with Crippen molar-refractivity contribution in [1.82, 2.24) is 5.43 Å². The zero-order valence-corrected chi connectivity index (χ0v) is 13.6. The SMILES string of the molecule is Cc1ccc(C(NN)C2CC(C)(C)OC2(C)C)c(C)c1. The Labute approximate surface area is 122 Å². The molecule has 1 aromatic carbocycles. The molecule has 20 heavy (non-hydrogen) atoms. The highest BCUT2D eigenvalue weighted by Gasteiger charge is 2.49. The lowest BCUT2D eigenvalue weighted by Crippen LogP contribution is -2.41. The van der Waals surface area contributed by atoms with Crippen molar-refractivity contribution >= 4 is 0 Å². The maximum atomic E-state index is 6.22. The van der Waals surface area contributed by atoms with Crippen molar-refractivity contribution in [2.24, 2.45) is 11.8 Å². The van der Waals surface area contributed by atoms with Crippen molar-refractivity contribution < 1.29 is 4.74 Å². The molecule has 2 rings (SSSR count). The monoisotopic (exact) mass is 276 g/mol. The molecule has 1 saturated heterocycles. The summed E-state index contributed by atoms with van der Waals surface area (Å²) in [4.78, 5) is 0. The lowest BCUT2D eigenvalue weighted by molar-refractivity contribution is -0.0779. The number of hydrogen-bond acceptors (Lipinski definition) is 3. The Kier molecular flexibility index (Phi) is 3.98. The molecule has 0 radical (unpaired) electrons. The molecule has 0 saturated carbocycles. The summed E-state index contributed by atoms with van der Waals surface area (Å²) in [7, 11) is 0. The third-order valence-electron chi connectivity index (χ3n) is 4.49. The summed E-state index contributed by atoms with van der Waals surface area (Å²) in [6.45, 7) is 12.9. The second-order valence-electron chi connectivity index (χ2n) is 7.28. The van der Waals surface area contributed by atoms with Crippen LogP contribution in [0.4, 0.5) is 0 Å².